The molecule has 0 unspecified atom stereocenters. The second-order valence-corrected chi connectivity index (χ2v) is 8.59. The molecule has 0 atom stereocenters. The fraction of sp³-hybridized carbons (Fsp3) is 0.545. The summed E-state index contributed by atoms with van der Waals surface area (Å²) in [7, 11) is -3.65. The van der Waals surface area contributed by atoms with Crippen molar-refractivity contribution in [2.45, 2.75) is 31.6 Å². The number of halogens is 1. The first kappa shape index (κ1) is 16.6. The van der Waals surface area contributed by atoms with Crippen molar-refractivity contribution < 1.29 is 18.3 Å². The van der Waals surface area contributed by atoms with E-state index < -0.39 is 16.0 Å². The average Bonchev–Trinajstić information content (AvgIpc) is 2.67. The highest BCUT2D eigenvalue weighted by atomic mass is 79.9. The summed E-state index contributed by atoms with van der Waals surface area (Å²) in [6.45, 7) is 4.50. The zero-order valence-electron chi connectivity index (χ0n) is 10.6. The molecule has 8 heteroatoms. The Balaban J connectivity index is 2.75. The van der Waals surface area contributed by atoms with E-state index in [1.54, 1.807) is 0 Å². The van der Waals surface area contributed by atoms with Gasteiger partial charge in [-0.05, 0) is 40.8 Å². The Morgan fingerprint density at radius 2 is 2.16 bits per heavy atom. The SMILES string of the molecule is CC(C)CCCNS(=O)(=O)c1cc(C(=O)O)sc1Br. The van der Waals surface area contributed by atoms with E-state index in [1.165, 1.54) is 6.07 Å². The van der Waals surface area contributed by atoms with Gasteiger partial charge in [0.25, 0.3) is 0 Å². The lowest BCUT2D eigenvalue weighted by molar-refractivity contribution is 0.0702. The molecule has 0 spiro atoms. The second kappa shape index (κ2) is 6.83. The average molecular weight is 370 g/mol. The molecule has 0 aliphatic heterocycles. The molecule has 0 aliphatic rings. The standard InChI is InChI=1S/C11H16BrNO4S2/c1-7(2)4-3-5-13-19(16,17)9-6-8(11(14)15)18-10(9)12/h6-7,13H,3-5H2,1-2H3,(H,14,15). The van der Waals surface area contributed by atoms with Crippen molar-refractivity contribution in [1.82, 2.24) is 4.72 Å². The fourth-order valence-electron chi connectivity index (χ4n) is 1.44. The number of nitrogens with one attached hydrogen (secondary N) is 1. The van der Waals surface area contributed by atoms with Gasteiger partial charge in [0.2, 0.25) is 10.0 Å². The molecule has 1 heterocycles. The van der Waals surface area contributed by atoms with Crippen molar-refractivity contribution in [3.63, 3.8) is 0 Å². The van der Waals surface area contributed by atoms with Gasteiger partial charge in [0.05, 0.1) is 3.79 Å². The lowest BCUT2D eigenvalue weighted by Gasteiger charge is -2.07. The van der Waals surface area contributed by atoms with Gasteiger partial charge in [-0.15, -0.1) is 11.3 Å². The van der Waals surface area contributed by atoms with E-state index in [2.05, 4.69) is 34.5 Å². The van der Waals surface area contributed by atoms with Gasteiger partial charge in [0.1, 0.15) is 9.77 Å². The van der Waals surface area contributed by atoms with Crippen LogP contribution in [0.2, 0.25) is 0 Å². The van der Waals surface area contributed by atoms with Crippen molar-refractivity contribution in [2.24, 2.45) is 5.92 Å². The van der Waals surface area contributed by atoms with Crippen LogP contribution in [0.15, 0.2) is 14.7 Å². The normalized spacial score (nSPS) is 12.0. The molecule has 1 aromatic rings. The summed E-state index contributed by atoms with van der Waals surface area (Å²) < 4.78 is 26.8. The summed E-state index contributed by atoms with van der Waals surface area (Å²) in [5.74, 6) is -0.608. The molecule has 0 amide bonds. The largest absolute Gasteiger partial charge is 0.477 e. The van der Waals surface area contributed by atoms with Gasteiger partial charge in [0, 0.05) is 6.54 Å². The van der Waals surface area contributed by atoms with Crippen molar-refractivity contribution in [3.05, 3.63) is 14.7 Å². The zero-order chi connectivity index (χ0) is 14.6. The maximum atomic E-state index is 12.0. The summed E-state index contributed by atoms with van der Waals surface area (Å²) >= 11 is 3.98. The van der Waals surface area contributed by atoms with Crippen LogP contribution in [0.4, 0.5) is 0 Å². The molecule has 5 nitrogen and oxygen atoms in total. The van der Waals surface area contributed by atoms with Crippen LogP contribution in [0.25, 0.3) is 0 Å². The molecule has 0 saturated heterocycles. The molecule has 0 aliphatic carbocycles. The van der Waals surface area contributed by atoms with Crippen molar-refractivity contribution >= 4 is 43.3 Å². The Bertz CT molecular complexity index is 551. The van der Waals surface area contributed by atoms with Crippen LogP contribution in [0, 0.1) is 5.92 Å². The van der Waals surface area contributed by atoms with Crippen molar-refractivity contribution in [2.75, 3.05) is 6.54 Å². The minimum Gasteiger partial charge on any atom is -0.477 e. The molecule has 0 aromatic carbocycles. The first-order valence-corrected chi connectivity index (χ1v) is 8.85. The van der Waals surface area contributed by atoms with E-state index in [-0.39, 0.29) is 9.77 Å². The zero-order valence-corrected chi connectivity index (χ0v) is 13.9. The van der Waals surface area contributed by atoms with Gasteiger partial charge in [-0.3, -0.25) is 0 Å². The minimum absolute atomic E-state index is 0.00516. The summed E-state index contributed by atoms with van der Waals surface area (Å²) in [5, 5.41) is 8.84. The molecule has 19 heavy (non-hydrogen) atoms. The maximum absolute atomic E-state index is 12.0. The van der Waals surface area contributed by atoms with Gasteiger partial charge in [-0.1, -0.05) is 13.8 Å². The van der Waals surface area contributed by atoms with E-state index in [0.29, 0.717) is 16.2 Å². The number of carboxylic acid groups (broad SMARTS) is 1. The Kier molecular flexibility index (Phi) is 5.97. The van der Waals surface area contributed by atoms with Crippen LogP contribution < -0.4 is 4.72 Å². The molecule has 0 saturated carbocycles. The van der Waals surface area contributed by atoms with Crippen LogP contribution in [0.3, 0.4) is 0 Å². The van der Waals surface area contributed by atoms with Crippen LogP contribution in [-0.2, 0) is 10.0 Å². The molecule has 1 aromatic heterocycles. The summed E-state index contributed by atoms with van der Waals surface area (Å²) in [6.07, 6.45) is 1.69. The Morgan fingerprint density at radius 3 is 2.63 bits per heavy atom. The number of sulfonamides is 1. The van der Waals surface area contributed by atoms with E-state index in [9.17, 15) is 13.2 Å². The van der Waals surface area contributed by atoms with Gasteiger partial charge in [0.15, 0.2) is 0 Å². The van der Waals surface area contributed by atoms with Crippen LogP contribution in [-0.4, -0.2) is 26.0 Å². The molecular weight excluding hydrogens is 354 g/mol. The van der Waals surface area contributed by atoms with E-state index >= 15 is 0 Å². The molecular formula is C11H16BrNO4S2. The molecule has 1 rings (SSSR count). The molecule has 0 radical (unpaired) electrons. The van der Waals surface area contributed by atoms with Gasteiger partial charge in [-0.25, -0.2) is 17.9 Å². The van der Waals surface area contributed by atoms with Crippen LogP contribution in [0.1, 0.15) is 36.4 Å². The van der Waals surface area contributed by atoms with Gasteiger partial charge in [-0.2, -0.15) is 0 Å². The molecule has 0 bridgehead atoms. The lowest BCUT2D eigenvalue weighted by Crippen LogP contribution is -2.25. The second-order valence-electron chi connectivity index (χ2n) is 4.49. The molecule has 2 N–H and O–H groups in total. The highest BCUT2D eigenvalue weighted by Crippen LogP contribution is 2.31. The highest BCUT2D eigenvalue weighted by molar-refractivity contribution is 9.11. The monoisotopic (exact) mass is 369 g/mol. The summed E-state index contributed by atoms with van der Waals surface area (Å²) in [6, 6.07) is 1.17. The molecule has 0 fully saturated rings. The number of aromatic carboxylic acids is 1. The van der Waals surface area contributed by atoms with E-state index in [0.717, 1.165) is 24.2 Å². The van der Waals surface area contributed by atoms with Crippen LogP contribution in [0.5, 0.6) is 0 Å². The summed E-state index contributed by atoms with van der Waals surface area (Å²) in [5.41, 5.74) is 0. The number of thiophene rings is 1. The Morgan fingerprint density at radius 1 is 1.53 bits per heavy atom. The maximum Gasteiger partial charge on any atom is 0.345 e. The van der Waals surface area contributed by atoms with E-state index in [1.807, 2.05) is 0 Å². The predicted molar refractivity (Wildman–Crippen MR) is 78.2 cm³/mol. The Labute approximate surface area is 125 Å². The van der Waals surface area contributed by atoms with Gasteiger partial charge < -0.3 is 5.11 Å². The van der Waals surface area contributed by atoms with Crippen molar-refractivity contribution in [1.29, 1.82) is 0 Å². The number of carboxylic acids is 1. The topological polar surface area (TPSA) is 83.5 Å². The first-order chi connectivity index (χ1) is 8.74. The number of hydrogen-bond acceptors (Lipinski definition) is 4. The van der Waals surface area contributed by atoms with Crippen LogP contribution >= 0.6 is 27.3 Å². The predicted octanol–water partition coefficient (Wildman–Crippen LogP) is 2.92. The number of carbonyl (C=O) groups is 1. The third-order valence-corrected chi connectivity index (χ3v) is 6.11. The number of hydrogen-bond donors (Lipinski definition) is 2. The Hall–Kier alpha value is -0.440. The third kappa shape index (κ3) is 4.87. The summed E-state index contributed by atoms with van der Waals surface area (Å²) in [4.78, 5) is 10.8. The van der Waals surface area contributed by atoms with Crippen molar-refractivity contribution in [3.8, 4) is 0 Å². The quantitative estimate of drug-likeness (QED) is 0.723. The first-order valence-electron chi connectivity index (χ1n) is 5.76. The molecule has 108 valence electrons. The lowest BCUT2D eigenvalue weighted by atomic mass is 10.1. The minimum atomic E-state index is -3.65. The highest BCUT2D eigenvalue weighted by Gasteiger charge is 2.22. The fourth-order valence-corrected chi connectivity index (χ4v) is 4.91. The third-order valence-electron chi connectivity index (χ3n) is 2.41. The smallest absolute Gasteiger partial charge is 0.345 e. The number of rotatable bonds is 7. The van der Waals surface area contributed by atoms with Gasteiger partial charge >= 0.3 is 5.97 Å². The van der Waals surface area contributed by atoms with E-state index in [4.69, 9.17) is 5.11 Å².